The number of amides is 1. The van der Waals surface area contributed by atoms with E-state index in [-0.39, 0.29) is 17.4 Å². The number of pyridine rings is 1. The number of hydrogen-bond donors (Lipinski definition) is 1. The first-order valence-corrected chi connectivity index (χ1v) is 7.09. The fourth-order valence-electron chi connectivity index (χ4n) is 1.69. The highest BCUT2D eigenvalue weighted by atomic mass is 16.5. The summed E-state index contributed by atoms with van der Waals surface area (Å²) in [7, 11) is 0. The van der Waals surface area contributed by atoms with Crippen LogP contribution in [-0.2, 0) is 10.2 Å². The maximum atomic E-state index is 11.9. The van der Waals surface area contributed by atoms with Crippen LogP contribution in [0.4, 0.5) is 0 Å². The molecule has 0 aliphatic carbocycles. The second-order valence-corrected chi connectivity index (χ2v) is 6.06. The molecule has 0 bridgehead atoms. The topological polar surface area (TPSA) is 80.9 Å². The first kappa shape index (κ1) is 15.9. The van der Waals surface area contributed by atoms with Crippen molar-refractivity contribution in [3.63, 3.8) is 0 Å². The van der Waals surface area contributed by atoms with E-state index >= 15 is 0 Å². The van der Waals surface area contributed by atoms with Crippen molar-refractivity contribution in [3.8, 4) is 0 Å². The quantitative estimate of drug-likeness (QED) is 0.878. The number of rotatable bonds is 4. The highest BCUT2D eigenvalue weighted by Gasteiger charge is 2.23. The van der Waals surface area contributed by atoms with Gasteiger partial charge in [0.05, 0.1) is 0 Å². The van der Waals surface area contributed by atoms with Gasteiger partial charge in [0.1, 0.15) is 6.04 Å². The Morgan fingerprint density at radius 1 is 1.41 bits per heavy atom. The van der Waals surface area contributed by atoms with Crippen LogP contribution in [0.15, 0.2) is 35.1 Å². The summed E-state index contributed by atoms with van der Waals surface area (Å²) in [5, 5.41) is 6.73. The van der Waals surface area contributed by atoms with Gasteiger partial charge in [0.25, 0.3) is 0 Å². The number of nitrogens with zero attached hydrogens (tertiary/aromatic N) is 3. The zero-order chi connectivity index (χ0) is 16.2. The average Bonchev–Trinajstić information content (AvgIpc) is 2.96. The Balaban J connectivity index is 1.97. The zero-order valence-corrected chi connectivity index (χ0v) is 13.2. The van der Waals surface area contributed by atoms with E-state index in [1.54, 1.807) is 25.4 Å². The Bertz CT molecular complexity index is 656. The standard InChI is InChI=1S/C16H20N4O2/c1-11(14-19-15(20-22-14)16(2,3)4)18-13(21)8-7-12-6-5-9-17-10-12/h5-11H,1-4H3,(H,18,21)/b8-7-/t11-/m1/s1. The molecule has 1 atom stereocenters. The van der Waals surface area contributed by atoms with Crippen molar-refractivity contribution in [2.75, 3.05) is 0 Å². The Kier molecular flexibility index (Phi) is 4.70. The minimum absolute atomic E-state index is 0.189. The van der Waals surface area contributed by atoms with Gasteiger partial charge < -0.3 is 9.84 Å². The lowest BCUT2D eigenvalue weighted by Gasteiger charge is -2.11. The largest absolute Gasteiger partial charge is 0.341 e. The maximum absolute atomic E-state index is 11.9. The lowest BCUT2D eigenvalue weighted by molar-refractivity contribution is -0.117. The van der Waals surface area contributed by atoms with Gasteiger partial charge in [-0.25, -0.2) is 0 Å². The molecule has 116 valence electrons. The molecule has 2 aromatic rings. The minimum atomic E-state index is -0.352. The van der Waals surface area contributed by atoms with Gasteiger partial charge in [-0.3, -0.25) is 9.78 Å². The fraction of sp³-hybridized carbons (Fsp3) is 0.375. The van der Waals surface area contributed by atoms with Gasteiger partial charge in [0.2, 0.25) is 11.8 Å². The molecule has 2 aromatic heterocycles. The Morgan fingerprint density at radius 3 is 2.77 bits per heavy atom. The summed E-state index contributed by atoms with van der Waals surface area (Å²) in [5.41, 5.74) is 0.671. The van der Waals surface area contributed by atoms with Crippen molar-refractivity contribution in [1.29, 1.82) is 0 Å². The Labute approximate surface area is 129 Å². The van der Waals surface area contributed by atoms with Crippen molar-refractivity contribution in [3.05, 3.63) is 47.9 Å². The SMILES string of the molecule is C[C@@H](NC(=O)/C=C\c1cccnc1)c1nc(C(C)(C)C)no1. The summed E-state index contributed by atoms with van der Waals surface area (Å²) < 4.78 is 5.21. The molecule has 6 nitrogen and oxygen atoms in total. The van der Waals surface area contributed by atoms with E-state index in [1.807, 2.05) is 32.9 Å². The van der Waals surface area contributed by atoms with Gasteiger partial charge in [0, 0.05) is 23.9 Å². The molecule has 2 rings (SSSR count). The van der Waals surface area contributed by atoms with Crippen LogP contribution in [0.25, 0.3) is 6.08 Å². The van der Waals surface area contributed by atoms with Gasteiger partial charge in [0.15, 0.2) is 5.82 Å². The van der Waals surface area contributed by atoms with Crippen LogP contribution in [0, 0.1) is 0 Å². The normalized spacial score (nSPS) is 13.3. The summed E-state index contributed by atoms with van der Waals surface area (Å²) in [4.78, 5) is 20.2. The summed E-state index contributed by atoms with van der Waals surface area (Å²) in [6, 6.07) is 3.33. The van der Waals surface area contributed by atoms with Crippen molar-refractivity contribution in [2.24, 2.45) is 0 Å². The molecular formula is C16H20N4O2. The Morgan fingerprint density at radius 2 is 2.18 bits per heavy atom. The van der Waals surface area contributed by atoms with Gasteiger partial charge in [-0.05, 0) is 24.6 Å². The Hall–Kier alpha value is -2.50. The first-order valence-electron chi connectivity index (χ1n) is 7.09. The predicted molar refractivity (Wildman–Crippen MR) is 82.8 cm³/mol. The summed E-state index contributed by atoms with van der Waals surface area (Å²) >= 11 is 0. The van der Waals surface area contributed by atoms with Crippen LogP contribution in [0.1, 0.15) is 51.0 Å². The van der Waals surface area contributed by atoms with Crippen molar-refractivity contribution in [2.45, 2.75) is 39.2 Å². The van der Waals surface area contributed by atoms with Crippen LogP contribution in [-0.4, -0.2) is 21.0 Å². The van der Waals surface area contributed by atoms with Crippen molar-refractivity contribution in [1.82, 2.24) is 20.4 Å². The maximum Gasteiger partial charge on any atom is 0.248 e. The molecule has 22 heavy (non-hydrogen) atoms. The van der Waals surface area contributed by atoms with Crippen LogP contribution in [0.3, 0.4) is 0 Å². The van der Waals surface area contributed by atoms with Gasteiger partial charge in [-0.1, -0.05) is 32.0 Å². The molecule has 0 saturated carbocycles. The van der Waals surface area contributed by atoms with Gasteiger partial charge in [-0.15, -0.1) is 0 Å². The molecule has 0 radical (unpaired) electrons. The fourth-order valence-corrected chi connectivity index (χ4v) is 1.69. The highest BCUT2D eigenvalue weighted by Crippen LogP contribution is 2.20. The molecule has 0 fully saturated rings. The van der Waals surface area contributed by atoms with Gasteiger partial charge >= 0.3 is 0 Å². The highest BCUT2D eigenvalue weighted by molar-refractivity contribution is 5.91. The van der Waals surface area contributed by atoms with E-state index < -0.39 is 0 Å². The second-order valence-electron chi connectivity index (χ2n) is 6.06. The molecule has 2 heterocycles. The summed E-state index contributed by atoms with van der Waals surface area (Å²) in [5.74, 6) is 0.786. The van der Waals surface area contributed by atoms with Crippen LogP contribution < -0.4 is 5.32 Å². The molecular weight excluding hydrogens is 280 g/mol. The monoisotopic (exact) mass is 300 g/mol. The molecule has 0 saturated heterocycles. The molecule has 1 amide bonds. The predicted octanol–water partition coefficient (Wildman–Crippen LogP) is 2.65. The van der Waals surface area contributed by atoms with E-state index in [0.717, 1.165) is 5.56 Å². The summed E-state index contributed by atoms with van der Waals surface area (Å²) in [6.45, 7) is 7.81. The lowest BCUT2D eigenvalue weighted by Crippen LogP contribution is -2.25. The number of carbonyl (C=O) groups excluding carboxylic acids is 1. The van der Waals surface area contributed by atoms with E-state index in [1.165, 1.54) is 6.08 Å². The van der Waals surface area contributed by atoms with Crippen molar-refractivity contribution < 1.29 is 9.32 Å². The minimum Gasteiger partial charge on any atom is -0.341 e. The van der Waals surface area contributed by atoms with Crippen LogP contribution in [0.2, 0.25) is 0 Å². The lowest BCUT2D eigenvalue weighted by atomic mass is 9.96. The van der Waals surface area contributed by atoms with E-state index in [0.29, 0.717) is 11.7 Å². The van der Waals surface area contributed by atoms with Crippen molar-refractivity contribution >= 4 is 12.0 Å². The third-order valence-corrected chi connectivity index (χ3v) is 2.95. The van der Waals surface area contributed by atoms with E-state index in [9.17, 15) is 4.79 Å². The average molecular weight is 300 g/mol. The second kappa shape index (κ2) is 6.51. The van der Waals surface area contributed by atoms with E-state index in [4.69, 9.17) is 4.52 Å². The molecule has 0 unspecified atom stereocenters. The molecule has 0 aromatic carbocycles. The zero-order valence-electron chi connectivity index (χ0n) is 13.2. The molecule has 0 aliphatic rings. The van der Waals surface area contributed by atoms with Crippen LogP contribution in [0.5, 0.6) is 0 Å². The smallest absolute Gasteiger partial charge is 0.248 e. The van der Waals surface area contributed by atoms with Gasteiger partial charge in [-0.2, -0.15) is 4.98 Å². The first-order chi connectivity index (χ1) is 10.4. The molecule has 1 N–H and O–H groups in total. The summed E-state index contributed by atoms with van der Waals surface area (Å²) in [6.07, 6.45) is 6.51. The molecule has 0 spiro atoms. The third-order valence-electron chi connectivity index (χ3n) is 2.95. The molecule has 6 heteroatoms. The van der Waals surface area contributed by atoms with E-state index in [2.05, 4.69) is 20.4 Å². The number of nitrogens with one attached hydrogen (secondary N) is 1. The third kappa shape index (κ3) is 4.25. The molecule has 0 aliphatic heterocycles. The van der Waals surface area contributed by atoms with Crippen LogP contribution >= 0.6 is 0 Å². The number of aromatic nitrogens is 3. The number of hydrogen-bond acceptors (Lipinski definition) is 5. The number of carbonyl (C=O) groups is 1.